The summed E-state index contributed by atoms with van der Waals surface area (Å²) in [5.41, 5.74) is -1.51. The second kappa shape index (κ2) is 3.98. The summed E-state index contributed by atoms with van der Waals surface area (Å²) in [6.45, 7) is 4.99. The number of hydrogen-bond acceptors (Lipinski definition) is 4. The van der Waals surface area contributed by atoms with Crippen LogP contribution in [0.4, 0.5) is 4.79 Å². The quantitative estimate of drug-likeness (QED) is 0.639. The highest BCUT2D eigenvalue weighted by molar-refractivity contribution is 5.68. The Labute approximate surface area is 89.4 Å². The van der Waals surface area contributed by atoms with Crippen LogP contribution >= 0.6 is 0 Å². The molecule has 1 aliphatic rings. The Morgan fingerprint density at radius 1 is 1.53 bits per heavy atom. The third-order valence-corrected chi connectivity index (χ3v) is 2.28. The van der Waals surface area contributed by atoms with Crippen molar-refractivity contribution >= 4 is 6.09 Å². The normalized spacial score (nSPS) is 20.6. The van der Waals surface area contributed by atoms with Gasteiger partial charge >= 0.3 is 6.09 Å². The predicted octanol–water partition coefficient (Wildman–Crippen LogP) is 0.397. The number of alkyl carbamates (subject to hydrolysis) is 1. The Morgan fingerprint density at radius 3 is 2.40 bits per heavy atom. The summed E-state index contributed by atoms with van der Waals surface area (Å²) in [5, 5.41) is 21.2. The molecule has 15 heavy (non-hydrogen) atoms. The lowest BCUT2D eigenvalue weighted by Crippen LogP contribution is -2.48. The van der Waals surface area contributed by atoms with Crippen molar-refractivity contribution in [2.45, 2.75) is 50.9 Å². The summed E-state index contributed by atoms with van der Waals surface area (Å²) < 4.78 is 5.02. The maximum absolute atomic E-state index is 11.3. The SMILES string of the molecule is CC(C)(C)OC(=O)N[C@H](CO)C1(O)CC1. The topological polar surface area (TPSA) is 78.8 Å². The van der Waals surface area contributed by atoms with Gasteiger partial charge in [0.05, 0.1) is 18.2 Å². The van der Waals surface area contributed by atoms with E-state index in [1.165, 1.54) is 0 Å². The number of rotatable bonds is 3. The summed E-state index contributed by atoms with van der Waals surface area (Å²) in [5.74, 6) is 0. The molecule has 0 bridgehead atoms. The first kappa shape index (κ1) is 12.3. The zero-order valence-corrected chi connectivity index (χ0v) is 9.41. The number of carbonyl (C=O) groups is 1. The van der Waals surface area contributed by atoms with Gasteiger partial charge in [-0.2, -0.15) is 0 Å². The molecule has 5 nitrogen and oxygen atoms in total. The molecule has 0 aromatic heterocycles. The Balaban J connectivity index is 2.42. The molecule has 0 heterocycles. The highest BCUT2D eigenvalue weighted by Crippen LogP contribution is 2.38. The van der Waals surface area contributed by atoms with Crippen LogP contribution in [-0.2, 0) is 4.74 Å². The van der Waals surface area contributed by atoms with Crippen molar-refractivity contribution in [1.29, 1.82) is 0 Å². The van der Waals surface area contributed by atoms with E-state index in [1.807, 2.05) is 0 Å². The summed E-state index contributed by atoms with van der Waals surface area (Å²) in [6, 6.07) is -0.632. The molecule has 0 spiro atoms. The van der Waals surface area contributed by atoms with Crippen LogP contribution < -0.4 is 5.32 Å². The molecule has 1 rings (SSSR count). The first-order valence-electron chi connectivity index (χ1n) is 5.09. The van der Waals surface area contributed by atoms with E-state index < -0.39 is 23.3 Å². The van der Waals surface area contributed by atoms with Crippen molar-refractivity contribution in [3.63, 3.8) is 0 Å². The molecular weight excluding hydrogens is 198 g/mol. The molecule has 88 valence electrons. The minimum atomic E-state index is -0.939. The number of nitrogens with one attached hydrogen (secondary N) is 1. The summed E-state index contributed by atoms with van der Waals surface area (Å²) in [7, 11) is 0. The first-order chi connectivity index (χ1) is 6.77. The Morgan fingerprint density at radius 2 is 2.07 bits per heavy atom. The predicted molar refractivity (Wildman–Crippen MR) is 54.4 cm³/mol. The lowest BCUT2D eigenvalue weighted by molar-refractivity contribution is 0.0292. The third-order valence-electron chi connectivity index (χ3n) is 2.28. The second-order valence-electron chi connectivity index (χ2n) is 4.98. The monoisotopic (exact) mass is 217 g/mol. The van der Waals surface area contributed by atoms with Gasteiger partial charge in [0, 0.05) is 0 Å². The molecule has 3 N–H and O–H groups in total. The van der Waals surface area contributed by atoms with Gasteiger partial charge in [0.2, 0.25) is 0 Å². The van der Waals surface area contributed by atoms with Gasteiger partial charge in [-0.1, -0.05) is 0 Å². The minimum absolute atomic E-state index is 0.282. The smallest absolute Gasteiger partial charge is 0.408 e. The fourth-order valence-corrected chi connectivity index (χ4v) is 1.28. The molecule has 1 fully saturated rings. The molecule has 0 saturated heterocycles. The number of amides is 1. The van der Waals surface area contributed by atoms with Gasteiger partial charge in [0.1, 0.15) is 5.60 Å². The Hall–Kier alpha value is -0.810. The molecule has 1 amide bonds. The zero-order chi connectivity index (χ0) is 11.7. The van der Waals surface area contributed by atoms with E-state index in [4.69, 9.17) is 9.84 Å². The van der Waals surface area contributed by atoms with Crippen molar-refractivity contribution in [3.05, 3.63) is 0 Å². The average Bonchev–Trinajstić information content (AvgIpc) is 2.77. The molecular formula is C10H19NO4. The highest BCUT2D eigenvalue weighted by atomic mass is 16.6. The summed E-state index contributed by atoms with van der Waals surface area (Å²) in [4.78, 5) is 11.3. The van der Waals surface area contributed by atoms with Gasteiger partial charge in [-0.15, -0.1) is 0 Å². The largest absolute Gasteiger partial charge is 0.444 e. The zero-order valence-electron chi connectivity index (χ0n) is 9.41. The lowest BCUT2D eigenvalue weighted by atomic mass is 10.1. The van der Waals surface area contributed by atoms with Gasteiger partial charge in [-0.3, -0.25) is 0 Å². The van der Waals surface area contributed by atoms with Crippen LogP contribution in [0.25, 0.3) is 0 Å². The number of carbonyl (C=O) groups excluding carboxylic acids is 1. The van der Waals surface area contributed by atoms with Crippen LogP contribution in [0.3, 0.4) is 0 Å². The molecule has 0 aromatic carbocycles. The van der Waals surface area contributed by atoms with Crippen LogP contribution in [0.1, 0.15) is 33.6 Å². The van der Waals surface area contributed by atoms with Gasteiger partial charge in [0.25, 0.3) is 0 Å². The number of aliphatic hydroxyl groups excluding tert-OH is 1. The van der Waals surface area contributed by atoms with Gasteiger partial charge < -0.3 is 20.3 Å². The van der Waals surface area contributed by atoms with Gasteiger partial charge in [-0.25, -0.2) is 4.79 Å². The molecule has 0 unspecified atom stereocenters. The maximum atomic E-state index is 11.3. The van der Waals surface area contributed by atoms with Crippen LogP contribution in [-0.4, -0.2) is 40.2 Å². The first-order valence-corrected chi connectivity index (χ1v) is 5.09. The standard InChI is InChI=1S/C10H19NO4/c1-9(2,3)15-8(13)11-7(6-12)10(14)4-5-10/h7,12,14H,4-6H2,1-3H3,(H,11,13)/t7-/m1/s1. The van der Waals surface area contributed by atoms with Crippen molar-refractivity contribution in [2.75, 3.05) is 6.61 Å². The maximum Gasteiger partial charge on any atom is 0.408 e. The van der Waals surface area contributed by atoms with Gasteiger partial charge in [-0.05, 0) is 33.6 Å². The molecule has 1 saturated carbocycles. The van der Waals surface area contributed by atoms with Crippen LogP contribution in [0, 0.1) is 0 Å². The van der Waals surface area contributed by atoms with Crippen molar-refractivity contribution in [1.82, 2.24) is 5.32 Å². The second-order valence-corrected chi connectivity index (χ2v) is 4.98. The van der Waals surface area contributed by atoms with E-state index in [2.05, 4.69) is 5.32 Å². The number of hydrogen-bond donors (Lipinski definition) is 3. The molecule has 1 atom stereocenters. The van der Waals surface area contributed by atoms with E-state index in [1.54, 1.807) is 20.8 Å². The molecule has 5 heteroatoms. The summed E-state index contributed by atoms with van der Waals surface area (Å²) >= 11 is 0. The van der Waals surface area contributed by atoms with Gasteiger partial charge in [0.15, 0.2) is 0 Å². The highest BCUT2D eigenvalue weighted by Gasteiger charge is 2.48. The van der Waals surface area contributed by atoms with Crippen molar-refractivity contribution in [3.8, 4) is 0 Å². The molecule has 0 aliphatic heterocycles. The van der Waals surface area contributed by atoms with Crippen LogP contribution in [0.15, 0.2) is 0 Å². The molecule has 0 radical (unpaired) electrons. The fourth-order valence-electron chi connectivity index (χ4n) is 1.28. The van der Waals surface area contributed by atoms with E-state index in [9.17, 15) is 9.90 Å². The number of ether oxygens (including phenoxy) is 1. The van der Waals surface area contributed by atoms with Crippen LogP contribution in [0.5, 0.6) is 0 Å². The van der Waals surface area contributed by atoms with E-state index in [0.717, 1.165) is 0 Å². The molecule has 1 aliphatic carbocycles. The minimum Gasteiger partial charge on any atom is -0.444 e. The molecule has 0 aromatic rings. The Kier molecular flexibility index (Phi) is 3.25. The Bertz CT molecular complexity index is 242. The van der Waals surface area contributed by atoms with E-state index in [0.29, 0.717) is 12.8 Å². The summed E-state index contributed by atoms with van der Waals surface area (Å²) in [6.07, 6.45) is 0.601. The van der Waals surface area contributed by atoms with E-state index >= 15 is 0 Å². The third kappa shape index (κ3) is 3.68. The lowest BCUT2D eigenvalue weighted by Gasteiger charge is -2.25. The van der Waals surface area contributed by atoms with Crippen molar-refractivity contribution in [2.24, 2.45) is 0 Å². The van der Waals surface area contributed by atoms with E-state index in [-0.39, 0.29) is 6.61 Å². The number of aliphatic hydroxyl groups is 2. The van der Waals surface area contributed by atoms with Crippen molar-refractivity contribution < 1.29 is 19.7 Å². The average molecular weight is 217 g/mol. The fraction of sp³-hybridized carbons (Fsp3) is 0.900. The van der Waals surface area contributed by atoms with Crippen LogP contribution in [0.2, 0.25) is 0 Å².